The van der Waals surface area contributed by atoms with Gasteiger partial charge in [-0.1, -0.05) is 37.6 Å². The van der Waals surface area contributed by atoms with E-state index in [9.17, 15) is 9.90 Å². The highest BCUT2D eigenvalue weighted by atomic mass is 35.5. The van der Waals surface area contributed by atoms with E-state index >= 15 is 0 Å². The highest BCUT2D eigenvalue weighted by Gasteiger charge is 2.12. The standard InChI is InChI=1S/C15H23ClN2O2/c1-10(2)7-14(19)9-17-15(20)18-11(3)12-5-4-6-13(16)8-12/h4-6,8,10-11,14,19H,7,9H2,1-3H3,(H2,17,18,20). The number of hydrogen-bond donors (Lipinski definition) is 3. The average Bonchev–Trinajstić information content (AvgIpc) is 2.35. The van der Waals surface area contributed by atoms with Crippen molar-refractivity contribution < 1.29 is 9.90 Å². The van der Waals surface area contributed by atoms with Gasteiger partial charge in [0.1, 0.15) is 0 Å². The number of halogens is 1. The molecule has 112 valence electrons. The molecule has 4 nitrogen and oxygen atoms in total. The topological polar surface area (TPSA) is 61.4 Å². The van der Waals surface area contributed by atoms with Crippen LogP contribution in [0.4, 0.5) is 4.79 Å². The molecule has 0 bridgehead atoms. The first kappa shape index (κ1) is 16.8. The molecule has 0 saturated heterocycles. The third-order valence-corrected chi connectivity index (χ3v) is 3.17. The minimum atomic E-state index is -0.512. The summed E-state index contributed by atoms with van der Waals surface area (Å²) in [4.78, 5) is 11.7. The van der Waals surface area contributed by atoms with Crippen molar-refractivity contribution in [1.29, 1.82) is 0 Å². The first-order valence-electron chi connectivity index (χ1n) is 6.86. The Labute approximate surface area is 125 Å². The molecular formula is C15H23ClN2O2. The quantitative estimate of drug-likeness (QED) is 0.756. The van der Waals surface area contributed by atoms with Crippen LogP contribution in [0.15, 0.2) is 24.3 Å². The number of carbonyl (C=O) groups excluding carboxylic acids is 1. The van der Waals surface area contributed by atoms with E-state index < -0.39 is 6.10 Å². The van der Waals surface area contributed by atoms with Crippen molar-refractivity contribution in [3.63, 3.8) is 0 Å². The lowest BCUT2D eigenvalue weighted by Crippen LogP contribution is -2.41. The fraction of sp³-hybridized carbons (Fsp3) is 0.533. The number of carbonyl (C=O) groups is 1. The minimum absolute atomic E-state index is 0.143. The van der Waals surface area contributed by atoms with Crippen molar-refractivity contribution in [1.82, 2.24) is 10.6 Å². The Bertz CT molecular complexity index is 438. The van der Waals surface area contributed by atoms with Crippen molar-refractivity contribution in [2.24, 2.45) is 5.92 Å². The predicted molar refractivity (Wildman–Crippen MR) is 81.9 cm³/mol. The Morgan fingerprint density at radius 3 is 2.65 bits per heavy atom. The van der Waals surface area contributed by atoms with Crippen LogP contribution >= 0.6 is 11.6 Å². The van der Waals surface area contributed by atoms with E-state index in [0.29, 0.717) is 17.4 Å². The second-order valence-electron chi connectivity index (χ2n) is 5.41. The second-order valence-corrected chi connectivity index (χ2v) is 5.85. The largest absolute Gasteiger partial charge is 0.391 e. The van der Waals surface area contributed by atoms with E-state index in [2.05, 4.69) is 10.6 Å². The molecule has 1 rings (SSSR count). The maximum atomic E-state index is 11.7. The van der Waals surface area contributed by atoms with E-state index in [4.69, 9.17) is 11.6 Å². The predicted octanol–water partition coefficient (Wildman–Crippen LogP) is 3.11. The monoisotopic (exact) mass is 298 g/mol. The lowest BCUT2D eigenvalue weighted by atomic mass is 10.1. The molecule has 0 saturated carbocycles. The van der Waals surface area contributed by atoms with Crippen LogP contribution < -0.4 is 10.6 Å². The lowest BCUT2D eigenvalue weighted by molar-refractivity contribution is 0.146. The van der Waals surface area contributed by atoms with Crippen molar-refractivity contribution in [2.45, 2.75) is 39.3 Å². The Morgan fingerprint density at radius 2 is 2.05 bits per heavy atom. The van der Waals surface area contributed by atoms with Crippen LogP contribution in [-0.2, 0) is 0 Å². The SMILES string of the molecule is CC(C)CC(O)CNC(=O)NC(C)c1cccc(Cl)c1. The molecule has 1 aromatic carbocycles. The van der Waals surface area contributed by atoms with Gasteiger partial charge in [-0.3, -0.25) is 0 Å². The van der Waals surface area contributed by atoms with E-state index in [0.717, 1.165) is 5.56 Å². The maximum Gasteiger partial charge on any atom is 0.315 e. The van der Waals surface area contributed by atoms with Gasteiger partial charge in [0.25, 0.3) is 0 Å². The van der Waals surface area contributed by atoms with Crippen LogP contribution in [0.5, 0.6) is 0 Å². The van der Waals surface area contributed by atoms with Gasteiger partial charge in [0.15, 0.2) is 0 Å². The number of aliphatic hydroxyl groups is 1. The average molecular weight is 299 g/mol. The second kappa shape index (κ2) is 8.12. The molecule has 2 amide bonds. The van der Waals surface area contributed by atoms with Crippen LogP contribution in [0.2, 0.25) is 5.02 Å². The van der Waals surface area contributed by atoms with Gasteiger partial charge < -0.3 is 15.7 Å². The molecule has 0 aliphatic carbocycles. The molecule has 2 atom stereocenters. The van der Waals surface area contributed by atoms with E-state index in [1.807, 2.05) is 39.0 Å². The van der Waals surface area contributed by atoms with Crippen LogP contribution in [0.25, 0.3) is 0 Å². The van der Waals surface area contributed by atoms with Crippen LogP contribution in [0.3, 0.4) is 0 Å². The molecule has 0 spiro atoms. The van der Waals surface area contributed by atoms with Gasteiger partial charge >= 0.3 is 6.03 Å². The zero-order chi connectivity index (χ0) is 15.1. The van der Waals surface area contributed by atoms with Crippen LogP contribution in [-0.4, -0.2) is 23.8 Å². The lowest BCUT2D eigenvalue weighted by Gasteiger charge is -2.17. The highest BCUT2D eigenvalue weighted by molar-refractivity contribution is 6.30. The Morgan fingerprint density at radius 1 is 1.35 bits per heavy atom. The minimum Gasteiger partial charge on any atom is -0.391 e. The normalized spacial score (nSPS) is 13.9. The number of nitrogens with one attached hydrogen (secondary N) is 2. The fourth-order valence-electron chi connectivity index (χ4n) is 1.94. The molecule has 0 fully saturated rings. The van der Waals surface area contributed by atoms with Crippen molar-refractivity contribution in [3.8, 4) is 0 Å². The Balaban J connectivity index is 2.38. The van der Waals surface area contributed by atoms with Gasteiger partial charge in [-0.05, 0) is 37.0 Å². The summed E-state index contributed by atoms with van der Waals surface area (Å²) in [6.07, 6.45) is 0.159. The summed E-state index contributed by atoms with van der Waals surface area (Å²) in [5, 5.41) is 15.8. The third kappa shape index (κ3) is 6.26. The van der Waals surface area contributed by atoms with E-state index in [-0.39, 0.29) is 18.6 Å². The zero-order valence-corrected chi connectivity index (χ0v) is 12.9. The number of rotatable bonds is 6. The highest BCUT2D eigenvalue weighted by Crippen LogP contribution is 2.17. The Hall–Kier alpha value is -1.26. The molecule has 2 unspecified atom stereocenters. The van der Waals surface area contributed by atoms with Gasteiger partial charge in [0, 0.05) is 11.6 Å². The first-order valence-corrected chi connectivity index (χ1v) is 7.24. The number of hydrogen-bond acceptors (Lipinski definition) is 2. The third-order valence-electron chi connectivity index (χ3n) is 2.94. The molecule has 0 aromatic heterocycles. The van der Waals surface area contributed by atoms with Gasteiger partial charge in [-0.25, -0.2) is 4.79 Å². The Kier molecular flexibility index (Phi) is 6.82. The smallest absolute Gasteiger partial charge is 0.315 e. The summed E-state index contributed by atoms with van der Waals surface area (Å²) in [5.74, 6) is 0.403. The first-order chi connectivity index (χ1) is 9.38. The summed E-state index contributed by atoms with van der Waals surface area (Å²) in [6.45, 7) is 6.21. The summed E-state index contributed by atoms with van der Waals surface area (Å²) >= 11 is 5.92. The molecule has 1 aromatic rings. The van der Waals surface area contributed by atoms with Crippen LogP contribution in [0.1, 0.15) is 38.8 Å². The molecule has 5 heteroatoms. The number of aliphatic hydroxyl groups excluding tert-OH is 1. The van der Waals surface area contributed by atoms with Crippen LogP contribution in [0, 0.1) is 5.92 Å². The molecule has 0 radical (unpaired) electrons. The number of benzene rings is 1. The van der Waals surface area contributed by atoms with Gasteiger partial charge in [-0.15, -0.1) is 0 Å². The van der Waals surface area contributed by atoms with Gasteiger partial charge in [0.2, 0.25) is 0 Å². The molecule has 0 aliphatic rings. The molecular weight excluding hydrogens is 276 g/mol. The molecule has 0 aliphatic heterocycles. The zero-order valence-electron chi connectivity index (χ0n) is 12.2. The molecule has 0 heterocycles. The van der Waals surface area contributed by atoms with Crippen molar-refractivity contribution in [2.75, 3.05) is 6.54 Å². The number of amides is 2. The summed E-state index contributed by atoms with van der Waals surface area (Å²) in [5.41, 5.74) is 0.940. The van der Waals surface area contributed by atoms with E-state index in [1.165, 1.54) is 0 Å². The summed E-state index contributed by atoms with van der Waals surface area (Å²) < 4.78 is 0. The fourth-order valence-corrected chi connectivity index (χ4v) is 2.14. The summed E-state index contributed by atoms with van der Waals surface area (Å²) in [7, 11) is 0. The maximum absolute atomic E-state index is 11.7. The molecule has 20 heavy (non-hydrogen) atoms. The van der Waals surface area contributed by atoms with E-state index in [1.54, 1.807) is 6.07 Å². The van der Waals surface area contributed by atoms with Crippen molar-refractivity contribution >= 4 is 17.6 Å². The van der Waals surface area contributed by atoms with Crippen molar-refractivity contribution in [3.05, 3.63) is 34.9 Å². The number of urea groups is 1. The van der Waals surface area contributed by atoms with Gasteiger partial charge in [-0.2, -0.15) is 0 Å². The summed E-state index contributed by atoms with van der Waals surface area (Å²) in [6, 6.07) is 6.93. The van der Waals surface area contributed by atoms with Gasteiger partial charge in [0.05, 0.1) is 12.1 Å². The molecule has 3 N–H and O–H groups in total.